The van der Waals surface area contributed by atoms with Gasteiger partial charge in [-0.1, -0.05) is 36.4 Å². The normalized spacial score (nSPS) is 21.8. The van der Waals surface area contributed by atoms with Crippen LogP contribution in [0.15, 0.2) is 42.5 Å². The third-order valence-corrected chi connectivity index (χ3v) is 4.25. The molecule has 0 saturated carbocycles. The largest absolute Gasteiger partial charge is 0.480 e. The van der Waals surface area contributed by atoms with Gasteiger partial charge in [-0.3, -0.25) is 4.79 Å². The van der Waals surface area contributed by atoms with Crippen LogP contribution in [0.2, 0.25) is 0 Å². The Labute approximate surface area is 145 Å². The lowest BCUT2D eigenvalue weighted by Gasteiger charge is -2.36. The maximum Gasteiger partial charge on any atom is 0.334 e. The van der Waals surface area contributed by atoms with Crippen LogP contribution in [-0.2, 0) is 14.3 Å². The van der Waals surface area contributed by atoms with Crippen molar-refractivity contribution in [3.05, 3.63) is 42.5 Å². The minimum Gasteiger partial charge on any atom is -0.480 e. The number of rotatable bonds is 4. The molecule has 0 bridgehead atoms. The fourth-order valence-electron chi connectivity index (χ4n) is 3.06. The molecule has 1 aliphatic heterocycles. The zero-order chi connectivity index (χ0) is 18.0. The summed E-state index contributed by atoms with van der Waals surface area (Å²) >= 11 is 0. The molecule has 6 heteroatoms. The lowest BCUT2D eigenvalue weighted by molar-refractivity contribution is -0.168. The van der Waals surface area contributed by atoms with E-state index in [9.17, 15) is 9.59 Å². The van der Waals surface area contributed by atoms with Crippen LogP contribution in [0.25, 0.3) is 10.8 Å². The molecule has 1 heterocycles. The van der Waals surface area contributed by atoms with Crippen molar-refractivity contribution in [1.82, 2.24) is 4.90 Å². The lowest BCUT2D eigenvalue weighted by Crippen LogP contribution is -2.54. The summed E-state index contributed by atoms with van der Waals surface area (Å²) < 4.78 is 11.2. The smallest absolute Gasteiger partial charge is 0.334 e. The number of carboxylic acid groups (broad SMARTS) is 1. The Morgan fingerprint density at radius 1 is 1.20 bits per heavy atom. The van der Waals surface area contributed by atoms with E-state index in [4.69, 9.17) is 14.6 Å². The molecule has 1 fully saturated rings. The molecule has 2 unspecified atom stereocenters. The minimum atomic E-state index is -1.06. The molecule has 3 rings (SSSR count). The summed E-state index contributed by atoms with van der Waals surface area (Å²) in [5, 5.41) is 11.1. The molecule has 2 aromatic rings. The Balaban J connectivity index is 1.75. The van der Waals surface area contributed by atoms with Gasteiger partial charge in [0.25, 0.3) is 5.91 Å². The quantitative estimate of drug-likeness (QED) is 0.922. The van der Waals surface area contributed by atoms with Crippen molar-refractivity contribution in [2.75, 3.05) is 13.1 Å². The fraction of sp³-hybridized carbons (Fsp3) is 0.368. The van der Waals surface area contributed by atoms with E-state index in [0.29, 0.717) is 12.3 Å². The van der Waals surface area contributed by atoms with Crippen LogP contribution >= 0.6 is 0 Å². The molecule has 1 saturated heterocycles. The standard InChI is InChI=1S/C19H21NO5/c1-12-10-20(11-17(24-12)19(22)23)18(21)13(2)25-16-9-5-7-14-6-3-4-8-15(14)16/h3-9,12-13,17H,10-11H2,1-2H3,(H,22,23)/t12-,13?,17?/m1/s1. The molecule has 132 valence electrons. The molecule has 1 N–H and O–H groups in total. The van der Waals surface area contributed by atoms with Crippen LogP contribution in [0.4, 0.5) is 0 Å². The number of carbonyl (C=O) groups excluding carboxylic acids is 1. The molecule has 0 radical (unpaired) electrons. The van der Waals surface area contributed by atoms with Gasteiger partial charge in [-0.2, -0.15) is 0 Å². The molecule has 0 aromatic heterocycles. The summed E-state index contributed by atoms with van der Waals surface area (Å²) in [7, 11) is 0. The van der Waals surface area contributed by atoms with Gasteiger partial charge in [0.15, 0.2) is 12.2 Å². The fourth-order valence-corrected chi connectivity index (χ4v) is 3.06. The molecule has 3 atom stereocenters. The summed E-state index contributed by atoms with van der Waals surface area (Å²) in [4.78, 5) is 25.4. The molecule has 1 aliphatic rings. The van der Waals surface area contributed by atoms with Crippen LogP contribution in [-0.4, -0.2) is 53.3 Å². The number of nitrogens with zero attached hydrogens (tertiary/aromatic N) is 1. The van der Waals surface area contributed by atoms with Gasteiger partial charge in [0, 0.05) is 11.9 Å². The third-order valence-electron chi connectivity index (χ3n) is 4.25. The van der Waals surface area contributed by atoms with Gasteiger partial charge in [0.1, 0.15) is 5.75 Å². The highest BCUT2D eigenvalue weighted by Crippen LogP contribution is 2.26. The SMILES string of the molecule is CC(Oc1cccc2ccccc12)C(=O)N1CC(C(=O)O)O[C@H](C)C1. The van der Waals surface area contributed by atoms with E-state index in [1.165, 1.54) is 4.90 Å². The van der Waals surface area contributed by atoms with E-state index >= 15 is 0 Å². The van der Waals surface area contributed by atoms with Crippen molar-refractivity contribution in [3.8, 4) is 5.75 Å². The summed E-state index contributed by atoms with van der Waals surface area (Å²) in [6.07, 6.45) is -2.05. The monoisotopic (exact) mass is 343 g/mol. The summed E-state index contributed by atoms with van der Waals surface area (Å²) in [5.41, 5.74) is 0. The second kappa shape index (κ2) is 7.11. The maximum atomic E-state index is 12.7. The number of amides is 1. The van der Waals surface area contributed by atoms with Crippen molar-refractivity contribution in [2.24, 2.45) is 0 Å². The van der Waals surface area contributed by atoms with E-state index in [-0.39, 0.29) is 18.6 Å². The number of carboxylic acids is 1. The van der Waals surface area contributed by atoms with E-state index in [1.54, 1.807) is 13.8 Å². The summed E-state index contributed by atoms with van der Waals surface area (Å²) in [6, 6.07) is 13.5. The first kappa shape index (κ1) is 17.2. The van der Waals surface area contributed by atoms with Crippen LogP contribution in [0.1, 0.15) is 13.8 Å². The Bertz CT molecular complexity index is 785. The molecule has 1 amide bonds. The van der Waals surface area contributed by atoms with Gasteiger partial charge in [0.2, 0.25) is 0 Å². The molecular weight excluding hydrogens is 322 g/mol. The second-order valence-electron chi connectivity index (χ2n) is 6.25. The van der Waals surface area contributed by atoms with E-state index in [2.05, 4.69) is 0 Å². The number of aliphatic carboxylic acids is 1. The van der Waals surface area contributed by atoms with Gasteiger partial charge in [-0.25, -0.2) is 4.79 Å². The van der Waals surface area contributed by atoms with Crippen LogP contribution in [0.5, 0.6) is 5.75 Å². The Kier molecular flexibility index (Phi) is 4.90. The van der Waals surface area contributed by atoms with E-state index in [1.807, 2.05) is 42.5 Å². The zero-order valence-electron chi connectivity index (χ0n) is 14.2. The Morgan fingerprint density at radius 3 is 2.68 bits per heavy atom. The van der Waals surface area contributed by atoms with Crippen molar-refractivity contribution in [1.29, 1.82) is 0 Å². The van der Waals surface area contributed by atoms with Crippen LogP contribution in [0.3, 0.4) is 0 Å². The van der Waals surface area contributed by atoms with Crippen molar-refractivity contribution < 1.29 is 24.2 Å². The number of fused-ring (bicyclic) bond motifs is 1. The molecular formula is C19H21NO5. The summed E-state index contributed by atoms with van der Waals surface area (Å²) in [5.74, 6) is -0.670. The molecule has 6 nitrogen and oxygen atoms in total. The average Bonchev–Trinajstić information content (AvgIpc) is 2.60. The highest BCUT2D eigenvalue weighted by molar-refractivity contribution is 5.89. The number of morpholine rings is 1. The van der Waals surface area contributed by atoms with Gasteiger partial charge >= 0.3 is 5.97 Å². The number of hydrogen-bond donors (Lipinski definition) is 1. The maximum absolute atomic E-state index is 12.7. The average molecular weight is 343 g/mol. The first-order chi connectivity index (χ1) is 12.0. The second-order valence-corrected chi connectivity index (χ2v) is 6.25. The van der Waals surface area contributed by atoms with Gasteiger partial charge in [0.05, 0.1) is 12.6 Å². The van der Waals surface area contributed by atoms with E-state index < -0.39 is 18.2 Å². The molecule has 25 heavy (non-hydrogen) atoms. The third kappa shape index (κ3) is 3.74. The predicted molar refractivity (Wildman–Crippen MR) is 92.6 cm³/mol. The zero-order valence-corrected chi connectivity index (χ0v) is 14.2. The number of benzene rings is 2. The predicted octanol–water partition coefficient (Wildman–Crippen LogP) is 2.31. The van der Waals surface area contributed by atoms with Gasteiger partial charge < -0.3 is 19.5 Å². The Morgan fingerprint density at radius 2 is 1.92 bits per heavy atom. The molecule has 0 spiro atoms. The molecule has 0 aliphatic carbocycles. The van der Waals surface area contributed by atoms with E-state index in [0.717, 1.165) is 10.8 Å². The van der Waals surface area contributed by atoms with Crippen LogP contribution in [0, 0.1) is 0 Å². The lowest BCUT2D eigenvalue weighted by atomic mass is 10.1. The number of hydrogen-bond acceptors (Lipinski definition) is 4. The van der Waals surface area contributed by atoms with Crippen LogP contribution < -0.4 is 4.74 Å². The number of ether oxygens (including phenoxy) is 2. The topological polar surface area (TPSA) is 76.1 Å². The highest BCUT2D eigenvalue weighted by Gasteiger charge is 2.34. The van der Waals surface area contributed by atoms with Crippen molar-refractivity contribution in [3.63, 3.8) is 0 Å². The van der Waals surface area contributed by atoms with Gasteiger partial charge in [-0.15, -0.1) is 0 Å². The summed E-state index contributed by atoms with van der Waals surface area (Å²) in [6.45, 7) is 3.82. The van der Waals surface area contributed by atoms with Crippen molar-refractivity contribution >= 4 is 22.6 Å². The van der Waals surface area contributed by atoms with Crippen molar-refractivity contribution in [2.45, 2.75) is 32.2 Å². The first-order valence-corrected chi connectivity index (χ1v) is 8.27. The highest BCUT2D eigenvalue weighted by atomic mass is 16.5. The molecule has 2 aromatic carbocycles. The first-order valence-electron chi connectivity index (χ1n) is 8.27. The van der Waals surface area contributed by atoms with Gasteiger partial charge in [-0.05, 0) is 25.3 Å². The minimum absolute atomic E-state index is 0.0295. The Hall–Kier alpha value is -2.60. The number of carbonyl (C=O) groups is 2.